The first kappa shape index (κ1) is 13.0. The van der Waals surface area contributed by atoms with Gasteiger partial charge in [0.1, 0.15) is 0 Å². The molecule has 0 spiro atoms. The van der Waals surface area contributed by atoms with Crippen LogP contribution in [0.1, 0.15) is 11.3 Å². The van der Waals surface area contributed by atoms with Crippen LogP contribution in [0.2, 0.25) is 0 Å². The summed E-state index contributed by atoms with van der Waals surface area (Å²) in [5, 5.41) is 7.88. The fraction of sp³-hybridized carbons (Fsp3) is 0.0556. The van der Waals surface area contributed by atoms with Crippen LogP contribution in [-0.2, 0) is 6.54 Å². The van der Waals surface area contributed by atoms with E-state index < -0.39 is 0 Å². The van der Waals surface area contributed by atoms with Crippen LogP contribution in [0.3, 0.4) is 0 Å². The van der Waals surface area contributed by atoms with Gasteiger partial charge in [0, 0.05) is 17.4 Å². The third kappa shape index (κ3) is 3.13. The van der Waals surface area contributed by atoms with Gasteiger partial charge in [-0.25, -0.2) is 4.68 Å². The Labute approximate surface area is 124 Å². The van der Waals surface area contributed by atoms with Crippen molar-refractivity contribution >= 4 is 5.69 Å². The molecule has 2 aromatic carbocycles. The van der Waals surface area contributed by atoms with Crippen LogP contribution in [-0.4, -0.2) is 9.78 Å². The molecule has 1 N–H and O–H groups in total. The third-order valence-electron chi connectivity index (χ3n) is 3.17. The summed E-state index contributed by atoms with van der Waals surface area (Å²) in [6.45, 7) is 0.661. The van der Waals surface area contributed by atoms with Crippen molar-refractivity contribution in [2.75, 3.05) is 5.32 Å². The van der Waals surface area contributed by atoms with Gasteiger partial charge in [0.25, 0.3) is 0 Å². The van der Waals surface area contributed by atoms with E-state index >= 15 is 0 Å². The lowest BCUT2D eigenvalue weighted by Crippen LogP contribution is -2.02. The van der Waals surface area contributed by atoms with Crippen molar-refractivity contribution < 1.29 is 0 Å². The molecular weight excluding hydrogens is 258 g/mol. The summed E-state index contributed by atoms with van der Waals surface area (Å²) in [4.78, 5) is 0. The van der Waals surface area contributed by atoms with Crippen LogP contribution in [0.25, 0.3) is 5.69 Å². The Morgan fingerprint density at radius 1 is 1.05 bits per heavy atom. The molecule has 0 saturated heterocycles. The van der Waals surface area contributed by atoms with E-state index in [9.17, 15) is 0 Å². The zero-order valence-electron chi connectivity index (χ0n) is 11.5. The molecule has 0 amide bonds. The molecule has 1 aromatic heterocycles. The molecule has 0 unspecified atom stereocenters. The monoisotopic (exact) mass is 273 g/mol. The first-order valence-electron chi connectivity index (χ1n) is 6.76. The molecule has 3 aromatic rings. The van der Waals surface area contributed by atoms with Gasteiger partial charge >= 0.3 is 0 Å². The highest BCUT2D eigenvalue weighted by Gasteiger charge is 2.01. The van der Waals surface area contributed by atoms with E-state index in [0.717, 1.165) is 22.6 Å². The molecule has 0 fully saturated rings. The van der Waals surface area contributed by atoms with Gasteiger partial charge in [0.15, 0.2) is 0 Å². The number of benzene rings is 2. The average Bonchev–Trinajstić information content (AvgIpc) is 3.03. The molecule has 0 atom stereocenters. The van der Waals surface area contributed by atoms with Crippen LogP contribution in [0, 0.1) is 12.3 Å². The number of anilines is 1. The van der Waals surface area contributed by atoms with Gasteiger partial charge in [-0.1, -0.05) is 30.2 Å². The van der Waals surface area contributed by atoms with Gasteiger partial charge in [-0.05, 0) is 36.4 Å². The molecule has 3 rings (SSSR count). The predicted molar refractivity (Wildman–Crippen MR) is 85.3 cm³/mol. The Morgan fingerprint density at radius 3 is 2.71 bits per heavy atom. The van der Waals surface area contributed by atoms with E-state index in [-0.39, 0.29) is 0 Å². The molecule has 3 nitrogen and oxygen atoms in total. The van der Waals surface area contributed by atoms with Gasteiger partial charge in [-0.15, -0.1) is 6.42 Å². The van der Waals surface area contributed by atoms with Crippen molar-refractivity contribution in [1.29, 1.82) is 0 Å². The first-order valence-corrected chi connectivity index (χ1v) is 6.76. The number of nitrogens with zero attached hydrogens (tertiary/aromatic N) is 2. The third-order valence-corrected chi connectivity index (χ3v) is 3.17. The molecule has 0 aliphatic carbocycles. The van der Waals surface area contributed by atoms with E-state index in [4.69, 9.17) is 6.42 Å². The van der Waals surface area contributed by atoms with Crippen molar-refractivity contribution in [3.8, 4) is 18.0 Å². The van der Waals surface area contributed by atoms with Crippen LogP contribution >= 0.6 is 0 Å². The smallest absolute Gasteiger partial charge is 0.0819 e. The Kier molecular flexibility index (Phi) is 3.70. The van der Waals surface area contributed by atoms with Crippen LogP contribution in [0.5, 0.6) is 0 Å². The van der Waals surface area contributed by atoms with Crippen LogP contribution in [0.4, 0.5) is 5.69 Å². The van der Waals surface area contributed by atoms with E-state index in [1.807, 2.05) is 71.5 Å². The Bertz CT molecular complexity index is 766. The van der Waals surface area contributed by atoms with Gasteiger partial charge in [0.2, 0.25) is 0 Å². The lowest BCUT2D eigenvalue weighted by molar-refractivity contribution is 0.844. The average molecular weight is 273 g/mol. The minimum atomic E-state index is 0.661. The highest BCUT2D eigenvalue weighted by Crippen LogP contribution is 2.12. The molecular formula is C18H15N3. The number of rotatable bonds is 4. The Morgan fingerprint density at radius 2 is 1.90 bits per heavy atom. The minimum absolute atomic E-state index is 0.661. The number of hydrogen-bond acceptors (Lipinski definition) is 2. The van der Waals surface area contributed by atoms with Gasteiger partial charge < -0.3 is 5.32 Å². The number of terminal acetylenes is 1. The van der Waals surface area contributed by atoms with Gasteiger partial charge in [-0.3, -0.25) is 0 Å². The van der Waals surface area contributed by atoms with E-state index in [1.54, 1.807) is 0 Å². The minimum Gasteiger partial charge on any atom is -0.379 e. The maximum Gasteiger partial charge on any atom is 0.0819 e. The maximum atomic E-state index is 5.40. The summed E-state index contributed by atoms with van der Waals surface area (Å²) in [7, 11) is 0. The second kappa shape index (κ2) is 5.98. The quantitative estimate of drug-likeness (QED) is 0.738. The van der Waals surface area contributed by atoms with Crippen LogP contribution < -0.4 is 5.32 Å². The zero-order valence-corrected chi connectivity index (χ0v) is 11.5. The van der Waals surface area contributed by atoms with Crippen molar-refractivity contribution in [1.82, 2.24) is 9.78 Å². The lowest BCUT2D eigenvalue weighted by Gasteiger charge is -2.05. The molecule has 1 heterocycles. The van der Waals surface area contributed by atoms with E-state index in [0.29, 0.717) is 6.54 Å². The zero-order chi connectivity index (χ0) is 14.5. The second-order valence-electron chi connectivity index (χ2n) is 4.67. The standard InChI is InChI=1S/C18H15N3/c1-2-15-7-6-8-16(13-15)19-14-17-11-12-21(20-17)18-9-4-3-5-10-18/h1,3-13,19H,14H2. The summed E-state index contributed by atoms with van der Waals surface area (Å²) >= 11 is 0. The number of hydrogen-bond donors (Lipinski definition) is 1. The molecule has 0 aliphatic heterocycles. The fourth-order valence-corrected chi connectivity index (χ4v) is 2.09. The molecule has 0 bridgehead atoms. The van der Waals surface area contributed by atoms with Gasteiger partial charge in [0.05, 0.1) is 17.9 Å². The van der Waals surface area contributed by atoms with Gasteiger partial charge in [-0.2, -0.15) is 5.10 Å². The summed E-state index contributed by atoms with van der Waals surface area (Å²) < 4.78 is 1.87. The lowest BCUT2D eigenvalue weighted by atomic mass is 10.2. The first-order chi connectivity index (χ1) is 10.3. The molecule has 0 aliphatic rings. The summed E-state index contributed by atoms with van der Waals surface area (Å²) in [5.74, 6) is 2.63. The predicted octanol–water partition coefficient (Wildman–Crippen LogP) is 3.47. The molecule has 102 valence electrons. The molecule has 0 radical (unpaired) electrons. The summed E-state index contributed by atoms with van der Waals surface area (Å²) in [6.07, 6.45) is 7.36. The Hall–Kier alpha value is -2.99. The molecule has 21 heavy (non-hydrogen) atoms. The molecule has 3 heteroatoms. The molecule has 0 saturated carbocycles. The largest absolute Gasteiger partial charge is 0.379 e. The summed E-state index contributed by atoms with van der Waals surface area (Å²) in [6, 6.07) is 19.9. The van der Waals surface area contributed by atoms with E-state index in [1.165, 1.54) is 0 Å². The maximum absolute atomic E-state index is 5.40. The van der Waals surface area contributed by atoms with Crippen molar-refractivity contribution in [3.05, 3.63) is 78.1 Å². The highest BCUT2D eigenvalue weighted by atomic mass is 15.3. The topological polar surface area (TPSA) is 29.9 Å². The highest BCUT2D eigenvalue weighted by molar-refractivity contribution is 5.50. The SMILES string of the molecule is C#Cc1cccc(NCc2ccn(-c3ccccc3)n2)c1. The van der Waals surface area contributed by atoms with Crippen molar-refractivity contribution in [2.45, 2.75) is 6.54 Å². The number of aromatic nitrogens is 2. The number of nitrogens with one attached hydrogen (secondary N) is 1. The Balaban J connectivity index is 1.69. The van der Waals surface area contributed by atoms with E-state index in [2.05, 4.69) is 16.3 Å². The number of para-hydroxylation sites is 1. The van der Waals surface area contributed by atoms with Crippen molar-refractivity contribution in [3.63, 3.8) is 0 Å². The second-order valence-corrected chi connectivity index (χ2v) is 4.67. The van der Waals surface area contributed by atoms with Crippen molar-refractivity contribution in [2.24, 2.45) is 0 Å². The van der Waals surface area contributed by atoms with Crippen LogP contribution in [0.15, 0.2) is 66.9 Å². The summed E-state index contributed by atoms with van der Waals surface area (Å²) in [5.41, 5.74) is 3.90. The normalized spacial score (nSPS) is 10.0. The fourth-order valence-electron chi connectivity index (χ4n) is 2.09.